The third-order valence-electron chi connectivity index (χ3n) is 5.35. The Labute approximate surface area is 117 Å². The fourth-order valence-electron chi connectivity index (χ4n) is 3.68. The summed E-state index contributed by atoms with van der Waals surface area (Å²) in [4.78, 5) is 0. The molecule has 1 aliphatic carbocycles. The molecule has 3 aliphatic rings. The van der Waals surface area contributed by atoms with Crippen molar-refractivity contribution in [3.8, 4) is 0 Å². The zero-order valence-corrected chi connectivity index (χ0v) is 12.3. The topological polar surface area (TPSA) is 30.5 Å². The summed E-state index contributed by atoms with van der Waals surface area (Å²) in [6, 6.07) is 0.851. The Morgan fingerprint density at radius 2 is 1.95 bits per heavy atom. The van der Waals surface area contributed by atoms with Crippen molar-refractivity contribution in [3.63, 3.8) is 0 Å². The highest BCUT2D eigenvalue weighted by Crippen LogP contribution is 2.40. The number of rotatable bonds is 5. The van der Waals surface area contributed by atoms with Gasteiger partial charge in [0.05, 0.1) is 5.60 Å². The molecule has 2 atom stereocenters. The van der Waals surface area contributed by atoms with E-state index in [2.05, 4.69) is 12.2 Å². The van der Waals surface area contributed by atoms with Gasteiger partial charge in [0, 0.05) is 25.9 Å². The Balaban J connectivity index is 1.45. The molecule has 2 saturated heterocycles. The van der Waals surface area contributed by atoms with Crippen LogP contribution in [0.15, 0.2) is 0 Å². The summed E-state index contributed by atoms with van der Waals surface area (Å²) in [5, 5.41) is 3.65. The minimum Gasteiger partial charge on any atom is -0.381 e. The first-order valence-corrected chi connectivity index (χ1v) is 8.22. The van der Waals surface area contributed by atoms with Crippen LogP contribution in [-0.2, 0) is 9.47 Å². The van der Waals surface area contributed by atoms with Crippen molar-refractivity contribution in [1.82, 2.24) is 5.32 Å². The van der Waals surface area contributed by atoms with Gasteiger partial charge in [-0.25, -0.2) is 0 Å². The van der Waals surface area contributed by atoms with Gasteiger partial charge in [-0.2, -0.15) is 0 Å². The lowest BCUT2D eigenvalue weighted by Gasteiger charge is -2.45. The Morgan fingerprint density at radius 1 is 1.16 bits per heavy atom. The van der Waals surface area contributed by atoms with E-state index in [0.717, 1.165) is 50.5 Å². The van der Waals surface area contributed by atoms with E-state index < -0.39 is 0 Å². The standard InChI is InChI=1S/C16H29NO2/c1-13(4-8-17-15-2-3-15)14-5-9-19-16(12-14)6-10-18-11-7-16/h13-15,17H,2-12H2,1H3. The van der Waals surface area contributed by atoms with Crippen molar-refractivity contribution < 1.29 is 9.47 Å². The molecule has 2 unspecified atom stereocenters. The summed E-state index contributed by atoms with van der Waals surface area (Å²) in [5.41, 5.74) is 0.166. The zero-order chi connectivity index (χ0) is 13.1. The van der Waals surface area contributed by atoms with E-state index in [1.165, 1.54) is 38.6 Å². The van der Waals surface area contributed by atoms with Crippen LogP contribution in [0.1, 0.15) is 51.9 Å². The van der Waals surface area contributed by atoms with E-state index in [0.29, 0.717) is 0 Å². The molecular weight excluding hydrogens is 238 g/mol. The van der Waals surface area contributed by atoms with E-state index in [9.17, 15) is 0 Å². The lowest BCUT2D eigenvalue weighted by molar-refractivity contribution is -0.152. The highest BCUT2D eigenvalue weighted by Gasteiger charge is 2.40. The van der Waals surface area contributed by atoms with Crippen molar-refractivity contribution in [3.05, 3.63) is 0 Å². The summed E-state index contributed by atoms with van der Waals surface area (Å²) >= 11 is 0. The Bertz CT molecular complexity index is 279. The molecule has 2 aliphatic heterocycles. The van der Waals surface area contributed by atoms with Gasteiger partial charge in [0.2, 0.25) is 0 Å². The smallest absolute Gasteiger partial charge is 0.0729 e. The van der Waals surface area contributed by atoms with E-state index in [1.54, 1.807) is 0 Å². The molecule has 110 valence electrons. The van der Waals surface area contributed by atoms with E-state index >= 15 is 0 Å². The molecule has 1 spiro atoms. The van der Waals surface area contributed by atoms with Gasteiger partial charge in [0.15, 0.2) is 0 Å². The van der Waals surface area contributed by atoms with Crippen molar-refractivity contribution in [1.29, 1.82) is 0 Å². The second kappa shape index (κ2) is 6.11. The predicted octanol–water partition coefficient (Wildman–Crippen LogP) is 2.74. The number of ether oxygens (including phenoxy) is 2. The van der Waals surface area contributed by atoms with Crippen molar-refractivity contribution in [2.45, 2.75) is 63.5 Å². The zero-order valence-electron chi connectivity index (χ0n) is 12.3. The average Bonchev–Trinajstić information content (AvgIpc) is 3.24. The summed E-state index contributed by atoms with van der Waals surface area (Å²) in [5.74, 6) is 1.68. The van der Waals surface area contributed by atoms with Crippen LogP contribution in [0.5, 0.6) is 0 Å². The van der Waals surface area contributed by atoms with Crippen LogP contribution in [0.3, 0.4) is 0 Å². The maximum Gasteiger partial charge on any atom is 0.0729 e. The lowest BCUT2D eigenvalue weighted by atomic mass is 9.75. The number of nitrogens with one attached hydrogen (secondary N) is 1. The van der Waals surface area contributed by atoms with Gasteiger partial charge >= 0.3 is 0 Å². The maximum atomic E-state index is 6.14. The molecule has 0 radical (unpaired) electrons. The Kier molecular flexibility index (Phi) is 4.45. The third kappa shape index (κ3) is 3.71. The highest BCUT2D eigenvalue weighted by molar-refractivity contribution is 4.90. The van der Waals surface area contributed by atoms with Gasteiger partial charge in [-0.1, -0.05) is 6.92 Å². The first-order valence-electron chi connectivity index (χ1n) is 8.22. The molecule has 19 heavy (non-hydrogen) atoms. The summed E-state index contributed by atoms with van der Waals surface area (Å²) < 4.78 is 11.6. The van der Waals surface area contributed by atoms with Crippen LogP contribution in [0.25, 0.3) is 0 Å². The predicted molar refractivity (Wildman–Crippen MR) is 76.3 cm³/mol. The summed E-state index contributed by atoms with van der Waals surface area (Å²) in [6.45, 7) is 6.40. The minimum absolute atomic E-state index is 0.166. The van der Waals surface area contributed by atoms with E-state index in [-0.39, 0.29) is 5.60 Å². The van der Waals surface area contributed by atoms with Crippen molar-refractivity contribution in [2.24, 2.45) is 11.8 Å². The largest absolute Gasteiger partial charge is 0.381 e. The Morgan fingerprint density at radius 3 is 2.68 bits per heavy atom. The first kappa shape index (κ1) is 13.8. The minimum atomic E-state index is 0.166. The molecule has 3 fully saturated rings. The third-order valence-corrected chi connectivity index (χ3v) is 5.35. The van der Waals surface area contributed by atoms with Crippen LogP contribution >= 0.6 is 0 Å². The maximum absolute atomic E-state index is 6.14. The lowest BCUT2D eigenvalue weighted by Crippen LogP contribution is -2.45. The van der Waals surface area contributed by atoms with Crippen LogP contribution in [-0.4, -0.2) is 38.0 Å². The molecule has 3 rings (SSSR count). The van der Waals surface area contributed by atoms with Gasteiger partial charge in [-0.05, 0) is 63.3 Å². The second-order valence-corrected chi connectivity index (χ2v) is 6.89. The molecule has 0 aromatic carbocycles. The fourth-order valence-corrected chi connectivity index (χ4v) is 3.68. The number of hydrogen-bond acceptors (Lipinski definition) is 3. The van der Waals surface area contributed by atoms with Gasteiger partial charge in [-0.3, -0.25) is 0 Å². The summed E-state index contributed by atoms with van der Waals surface area (Å²) in [6.07, 6.45) is 8.86. The van der Waals surface area contributed by atoms with Crippen molar-refractivity contribution >= 4 is 0 Å². The SMILES string of the molecule is CC(CCNC1CC1)C1CCOC2(CCOCC2)C1. The quantitative estimate of drug-likeness (QED) is 0.831. The number of hydrogen-bond donors (Lipinski definition) is 1. The van der Waals surface area contributed by atoms with E-state index in [1.807, 2.05) is 0 Å². The van der Waals surface area contributed by atoms with Crippen LogP contribution in [0, 0.1) is 11.8 Å². The monoisotopic (exact) mass is 267 g/mol. The fraction of sp³-hybridized carbons (Fsp3) is 1.00. The van der Waals surface area contributed by atoms with Crippen molar-refractivity contribution in [2.75, 3.05) is 26.4 Å². The molecule has 3 heteroatoms. The van der Waals surface area contributed by atoms with E-state index in [4.69, 9.17) is 9.47 Å². The molecule has 1 N–H and O–H groups in total. The van der Waals surface area contributed by atoms with Crippen LogP contribution in [0.4, 0.5) is 0 Å². The van der Waals surface area contributed by atoms with Gasteiger partial charge < -0.3 is 14.8 Å². The second-order valence-electron chi connectivity index (χ2n) is 6.89. The summed E-state index contributed by atoms with van der Waals surface area (Å²) in [7, 11) is 0. The molecule has 0 bridgehead atoms. The molecule has 3 nitrogen and oxygen atoms in total. The highest BCUT2D eigenvalue weighted by atomic mass is 16.5. The Hall–Kier alpha value is -0.120. The molecule has 0 aromatic rings. The van der Waals surface area contributed by atoms with Crippen LogP contribution in [0.2, 0.25) is 0 Å². The van der Waals surface area contributed by atoms with Gasteiger partial charge in [0.1, 0.15) is 0 Å². The molecule has 2 heterocycles. The van der Waals surface area contributed by atoms with Gasteiger partial charge in [0.25, 0.3) is 0 Å². The first-order chi connectivity index (χ1) is 9.27. The molecule has 0 amide bonds. The van der Waals surface area contributed by atoms with Crippen LogP contribution < -0.4 is 5.32 Å². The molecule has 1 saturated carbocycles. The molecular formula is C16H29NO2. The van der Waals surface area contributed by atoms with Gasteiger partial charge in [-0.15, -0.1) is 0 Å². The molecule has 0 aromatic heterocycles. The average molecular weight is 267 g/mol. The normalized spacial score (nSPS) is 32.4.